The van der Waals surface area contributed by atoms with Crippen LogP contribution in [0.5, 0.6) is 11.5 Å². The smallest absolute Gasteiger partial charge is 0.308 e. The number of ether oxygens (including phenoxy) is 2. The van der Waals surface area contributed by atoms with E-state index in [-0.39, 0.29) is 23.2 Å². The van der Waals surface area contributed by atoms with Crippen molar-refractivity contribution in [1.82, 2.24) is 4.57 Å². The molecule has 1 fully saturated rings. The highest BCUT2D eigenvalue weighted by atomic mass is 35.5. The standard InChI is InChI=1S/C30H24ClN3O6S2/c1-39-20-13-8-16(14-21(20)40-2)23-24-25(28(37)34(27(24)36)19-11-9-17(31)10-12-19)41-29-26(23)42-30(38)33(29)15-22(35)32-18-6-4-3-5-7-18/h3-14,23-25H,15H2,1-2H3,(H,32,35)/t23-,24-,25+/m0/s1. The highest BCUT2D eigenvalue weighted by Crippen LogP contribution is 2.54. The number of halogens is 1. The number of anilines is 2. The fraction of sp³-hybridized carbons (Fsp3) is 0.200. The van der Waals surface area contributed by atoms with Gasteiger partial charge in [0.2, 0.25) is 17.7 Å². The van der Waals surface area contributed by atoms with Crippen LogP contribution in [-0.2, 0) is 20.9 Å². The molecule has 2 aliphatic rings. The second-order valence-electron chi connectivity index (χ2n) is 9.68. The summed E-state index contributed by atoms with van der Waals surface area (Å²) in [6.45, 7) is -0.244. The summed E-state index contributed by atoms with van der Waals surface area (Å²) >= 11 is 8.19. The number of thioether (sulfide) groups is 1. The molecule has 9 nitrogen and oxygen atoms in total. The average molecular weight is 622 g/mol. The molecule has 3 heterocycles. The normalized spacial score (nSPS) is 19.3. The van der Waals surface area contributed by atoms with E-state index in [0.717, 1.165) is 23.1 Å². The Balaban J connectivity index is 1.45. The Morgan fingerprint density at radius 1 is 0.929 bits per heavy atom. The largest absolute Gasteiger partial charge is 0.493 e. The minimum atomic E-state index is -0.823. The van der Waals surface area contributed by atoms with Crippen LogP contribution in [0.2, 0.25) is 5.02 Å². The highest BCUT2D eigenvalue weighted by molar-refractivity contribution is 8.00. The fourth-order valence-corrected chi connectivity index (χ4v) is 8.27. The van der Waals surface area contributed by atoms with Gasteiger partial charge in [0.25, 0.3) is 0 Å². The van der Waals surface area contributed by atoms with Crippen molar-refractivity contribution in [1.29, 1.82) is 0 Å². The molecule has 0 radical (unpaired) electrons. The van der Waals surface area contributed by atoms with Crippen LogP contribution >= 0.6 is 34.7 Å². The molecule has 214 valence electrons. The van der Waals surface area contributed by atoms with Gasteiger partial charge in [0.15, 0.2) is 11.5 Å². The molecule has 1 N–H and O–H groups in total. The third kappa shape index (κ3) is 4.87. The number of carbonyl (C=O) groups is 3. The SMILES string of the molecule is COc1ccc([C@@H]2c3sc(=O)n(CC(=O)Nc4ccccc4)c3S[C@H]3C(=O)N(c4ccc(Cl)cc4)C(=O)[C@@H]23)cc1OC. The molecule has 0 unspecified atom stereocenters. The van der Waals surface area contributed by atoms with Crippen LogP contribution in [-0.4, -0.2) is 41.8 Å². The number of nitrogens with one attached hydrogen (secondary N) is 1. The number of rotatable bonds is 7. The first-order valence-corrected chi connectivity index (χ1v) is 15.0. The average Bonchev–Trinajstić information content (AvgIpc) is 3.44. The Kier molecular flexibility index (Phi) is 7.56. The monoisotopic (exact) mass is 621 g/mol. The number of methoxy groups -OCH3 is 2. The number of amides is 3. The van der Waals surface area contributed by atoms with Gasteiger partial charge in [-0.2, -0.15) is 0 Å². The maximum atomic E-state index is 14.0. The summed E-state index contributed by atoms with van der Waals surface area (Å²) in [6, 6.07) is 20.8. The molecular weight excluding hydrogens is 598 g/mol. The number of imide groups is 1. The zero-order valence-corrected chi connectivity index (χ0v) is 24.8. The van der Waals surface area contributed by atoms with Crippen molar-refractivity contribution in [3.63, 3.8) is 0 Å². The van der Waals surface area contributed by atoms with E-state index < -0.39 is 23.0 Å². The van der Waals surface area contributed by atoms with Crippen molar-refractivity contribution < 1.29 is 23.9 Å². The predicted octanol–water partition coefficient (Wildman–Crippen LogP) is 5.01. The van der Waals surface area contributed by atoms with Crippen LogP contribution in [0, 0.1) is 5.92 Å². The maximum absolute atomic E-state index is 14.0. The van der Waals surface area contributed by atoms with Crippen LogP contribution in [0.15, 0.2) is 82.6 Å². The van der Waals surface area contributed by atoms with Gasteiger partial charge >= 0.3 is 4.87 Å². The van der Waals surface area contributed by atoms with Gasteiger partial charge in [0.05, 0.1) is 30.9 Å². The van der Waals surface area contributed by atoms with Gasteiger partial charge < -0.3 is 14.8 Å². The lowest BCUT2D eigenvalue weighted by Crippen LogP contribution is -2.33. The molecule has 2 aliphatic heterocycles. The topological polar surface area (TPSA) is 107 Å². The van der Waals surface area contributed by atoms with E-state index in [1.54, 1.807) is 60.7 Å². The molecule has 0 bridgehead atoms. The molecule has 3 amide bonds. The summed E-state index contributed by atoms with van der Waals surface area (Å²) in [7, 11) is 3.04. The van der Waals surface area contributed by atoms with Crippen molar-refractivity contribution in [3.05, 3.63) is 97.9 Å². The highest BCUT2D eigenvalue weighted by Gasteiger charge is 2.57. The number of fused-ring (bicyclic) bond motifs is 2. The number of para-hydroxylation sites is 1. The Morgan fingerprint density at radius 2 is 1.64 bits per heavy atom. The van der Waals surface area contributed by atoms with Crippen molar-refractivity contribution in [2.75, 3.05) is 24.4 Å². The zero-order valence-electron chi connectivity index (χ0n) is 22.4. The summed E-state index contributed by atoms with van der Waals surface area (Å²) in [5.41, 5.74) is 1.70. The number of hydrogen-bond donors (Lipinski definition) is 1. The van der Waals surface area contributed by atoms with Crippen LogP contribution < -0.4 is 24.6 Å². The van der Waals surface area contributed by atoms with Gasteiger partial charge in [-0.05, 0) is 54.1 Å². The molecule has 1 saturated heterocycles. The van der Waals surface area contributed by atoms with E-state index in [1.807, 2.05) is 12.1 Å². The lowest BCUT2D eigenvalue weighted by Gasteiger charge is -2.31. The second-order valence-corrected chi connectivity index (χ2v) is 12.2. The van der Waals surface area contributed by atoms with Crippen molar-refractivity contribution in [2.24, 2.45) is 5.92 Å². The molecule has 0 saturated carbocycles. The van der Waals surface area contributed by atoms with E-state index in [9.17, 15) is 19.2 Å². The van der Waals surface area contributed by atoms with Gasteiger partial charge in [-0.25, -0.2) is 4.90 Å². The van der Waals surface area contributed by atoms with Crippen LogP contribution in [0.1, 0.15) is 16.4 Å². The summed E-state index contributed by atoms with van der Waals surface area (Å²) in [4.78, 5) is 55.7. The van der Waals surface area contributed by atoms with Crippen LogP contribution in [0.3, 0.4) is 0 Å². The van der Waals surface area contributed by atoms with Gasteiger partial charge in [0, 0.05) is 21.5 Å². The molecule has 12 heteroatoms. The second kappa shape index (κ2) is 11.3. The molecule has 6 rings (SSSR count). The third-order valence-electron chi connectivity index (χ3n) is 7.26. The van der Waals surface area contributed by atoms with E-state index >= 15 is 0 Å². The summed E-state index contributed by atoms with van der Waals surface area (Å²) in [6.07, 6.45) is 0. The summed E-state index contributed by atoms with van der Waals surface area (Å²) in [5, 5.41) is 2.96. The number of benzene rings is 3. The van der Waals surface area contributed by atoms with Crippen molar-refractivity contribution in [3.8, 4) is 11.5 Å². The minimum absolute atomic E-state index is 0.244. The third-order valence-corrected chi connectivity index (χ3v) is 10.1. The van der Waals surface area contributed by atoms with E-state index in [1.165, 1.54) is 23.7 Å². The van der Waals surface area contributed by atoms with Gasteiger partial charge in [0.1, 0.15) is 11.8 Å². The van der Waals surface area contributed by atoms with Gasteiger partial charge in [-0.15, -0.1) is 0 Å². The quantitative estimate of drug-likeness (QED) is 0.289. The fourth-order valence-electron chi connectivity index (χ4n) is 5.37. The molecule has 42 heavy (non-hydrogen) atoms. The van der Waals surface area contributed by atoms with Gasteiger partial charge in [-0.1, -0.05) is 59.0 Å². The molecule has 3 aromatic carbocycles. The number of thiazole rings is 1. The molecule has 0 spiro atoms. The lowest BCUT2D eigenvalue weighted by atomic mass is 9.83. The number of aromatic nitrogens is 1. The van der Waals surface area contributed by atoms with E-state index in [4.69, 9.17) is 21.1 Å². The molecule has 1 aromatic heterocycles. The van der Waals surface area contributed by atoms with Gasteiger partial charge in [-0.3, -0.25) is 23.7 Å². The first kappa shape index (κ1) is 28.1. The first-order valence-electron chi connectivity index (χ1n) is 12.9. The lowest BCUT2D eigenvalue weighted by molar-refractivity contribution is -0.122. The molecule has 4 aromatic rings. The Hall–Kier alpha value is -4.06. The van der Waals surface area contributed by atoms with E-state index in [0.29, 0.717) is 43.4 Å². The van der Waals surface area contributed by atoms with E-state index in [2.05, 4.69) is 5.32 Å². The summed E-state index contributed by atoms with van der Waals surface area (Å²) < 4.78 is 12.3. The Labute approximate surface area is 254 Å². The molecular formula is C30H24ClN3O6S2. The zero-order chi connectivity index (χ0) is 29.5. The van der Waals surface area contributed by atoms with Crippen molar-refractivity contribution >= 4 is 63.8 Å². The Bertz CT molecular complexity index is 1760. The first-order chi connectivity index (χ1) is 20.3. The van der Waals surface area contributed by atoms with Crippen LogP contribution in [0.4, 0.5) is 11.4 Å². The Morgan fingerprint density at radius 3 is 2.33 bits per heavy atom. The minimum Gasteiger partial charge on any atom is -0.493 e. The van der Waals surface area contributed by atoms with Crippen LogP contribution in [0.25, 0.3) is 0 Å². The number of carbonyl (C=O) groups excluding carboxylic acids is 3. The summed E-state index contributed by atoms with van der Waals surface area (Å²) in [5.74, 6) is -1.64. The number of nitrogens with zero attached hydrogens (tertiary/aromatic N) is 2. The number of hydrogen-bond acceptors (Lipinski definition) is 8. The van der Waals surface area contributed by atoms with Crippen molar-refractivity contribution in [2.45, 2.75) is 22.7 Å². The molecule has 3 atom stereocenters. The maximum Gasteiger partial charge on any atom is 0.308 e. The predicted molar refractivity (Wildman–Crippen MR) is 162 cm³/mol. The molecule has 0 aliphatic carbocycles.